The van der Waals surface area contributed by atoms with Crippen LogP contribution in [0.1, 0.15) is 33.1 Å². The maximum atomic E-state index is 4.01. The van der Waals surface area contributed by atoms with Gasteiger partial charge in [-0.25, -0.2) is 0 Å². The molecular weight excluding hydrogens is 112 g/mol. The van der Waals surface area contributed by atoms with Crippen LogP contribution in [0, 0.1) is 0 Å². The quantitative estimate of drug-likeness (QED) is 0.472. The van der Waals surface area contributed by atoms with Crippen LogP contribution in [0.25, 0.3) is 0 Å². The minimum atomic E-state index is 1.11. The molecule has 0 bridgehead atoms. The molecule has 0 atom stereocenters. The molecule has 0 unspecified atom stereocenters. The van der Waals surface area contributed by atoms with Crippen LogP contribution in [-0.2, 0) is 0 Å². The van der Waals surface area contributed by atoms with Crippen molar-refractivity contribution in [3.63, 3.8) is 0 Å². The lowest BCUT2D eigenvalue weighted by molar-refractivity contribution is 0.927. The van der Waals surface area contributed by atoms with Crippen molar-refractivity contribution in [2.24, 2.45) is 10.2 Å². The highest BCUT2D eigenvalue weighted by molar-refractivity contribution is 5.87. The zero-order chi connectivity index (χ0) is 6.69. The molecule has 1 aliphatic heterocycles. The van der Waals surface area contributed by atoms with E-state index in [1.54, 1.807) is 0 Å². The van der Waals surface area contributed by atoms with Crippen molar-refractivity contribution < 1.29 is 0 Å². The Morgan fingerprint density at radius 3 is 1.89 bits per heavy atom. The maximum absolute atomic E-state index is 4.01. The number of hydrogen-bond acceptors (Lipinski definition) is 2. The minimum Gasteiger partial charge on any atom is -0.161 e. The van der Waals surface area contributed by atoms with E-state index in [1.807, 2.05) is 13.8 Å². The second-order valence-corrected chi connectivity index (χ2v) is 2.52. The highest BCUT2D eigenvalue weighted by Gasteiger charge is 1.98. The number of nitrogens with zero attached hydrogens (tertiary/aromatic N) is 2. The molecule has 2 nitrogen and oxygen atoms in total. The van der Waals surface area contributed by atoms with Crippen LogP contribution in [0.2, 0.25) is 0 Å². The van der Waals surface area contributed by atoms with Gasteiger partial charge in [-0.15, -0.1) is 0 Å². The van der Waals surface area contributed by atoms with Crippen molar-refractivity contribution >= 4 is 11.4 Å². The first-order valence-corrected chi connectivity index (χ1v) is 3.35. The molecule has 0 saturated heterocycles. The molecule has 0 aromatic rings. The number of rotatable bonds is 0. The van der Waals surface area contributed by atoms with Gasteiger partial charge >= 0.3 is 0 Å². The standard InChI is InChI=1S/C7H12N2/c1-6-4-3-5-7(2)9-8-6/h3-5H2,1-2H3. The Kier molecular flexibility index (Phi) is 1.98. The molecular formula is C7H12N2. The maximum Gasteiger partial charge on any atom is 0.0375 e. The number of hydrogen-bond donors (Lipinski definition) is 0. The average molecular weight is 124 g/mol. The molecule has 0 spiro atoms. The van der Waals surface area contributed by atoms with E-state index in [0.29, 0.717) is 0 Å². The summed E-state index contributed by atoms with van der Waals surface area (Å²) in [7, 11) is 0. The van der Waals surface area contributed by atoms with Gasteiger partial charge in [0.1, 0.15) is 0 Å². The fraction of sp³-hybridized carbons (Fsp3) is 0.714. The highest BCUT2D eigenvalue weighted by atomic mass is 15.2. The van der Waals surface area contributed by atoms with E-state index in [9.17, 15) is 0 Å². The molecule has 0 fully saturated rings. The lowest BCUT2D eigenvalue weighted by Crippen LogP contribution is -1.89. The van der Waals surface area contributed by atoms with Gasteiger partial charge in [-0.2, -0.15) is 10.2 Å². The van der Waals surface area contributed by atoms with Gasteiger partial charge in [0.15, 0.2) is 0 Å². The topological polar surface area (TPSA) is 24.7 Å². The summed E-state index contributed by atoms with van der Waals surface area (Å²) in [5, 5.41) is 8.02. The molecule has 9 heavy (non-hydrogen) atoms. The molecule has 0 N–H and O–H groups in total. The van der Waals surface area contributed by atoms with Gasteiger partial charge in [-0.05, 0) is 33.1 Å². The molecule has 0 saturated carbocycles. The van der Waals surface area contributed by atoms with Crippen LogP contribution in [0.15, 0.2) is 10.2 Å². The van der Waals surface area contributed by atoms with Crippen molar-refractivity contribution in [1.29, 1.82) is 0 Å². The molecule has 0 radical (unpaired) electrons. The SMILES string of the molecule is CC1=NN=C(C)CCC1. The molecule has 0 aromatic heterocycles. The monoisotopic (exact) mass is 124 g/mol. The summed E-state index contributed by atoms with van der Waals surface area (Å²) in [4.78, 5) is 0. The smallest absolute Gasteiger partial charge is 0.0375 e. The Balaban J connectivity index is 2.63. The van der Waals surface area contributed by atoms with Crippen LogP contribution in [0.4, 0.5) is 0 Å². The Morgan fingerprint density at radius 1 is 1.00 bits per heavy atom. The van der Waals surface area contributed by atoms with Crippen LogP contribution in [0.3, 0.4) is 0 Å². The normalized spacial score (nSPS) is 20.2. The lowest BCUT2D eigenvalue weighted by Gasteiger charge is -1.90. The van der Waals surface area contributed by atoms with E-state index < -0.39 is 0 Å². The van der Waals surface area contributed by atoms with E-state index >= 15 is 0 Å². The van der Waals surface area contributed by atoms with Gasteiger partial charge in [-0.1, -0.05) is 0 Å². The Bertz CT molecular complexity index is 138. The summed E-state index contributed by atoms with van der Waals surface area (Å²) in [5.74, 6) is 0. The lowest BCUT2D eigenvalue weighted by atomic mass is 10.1. The van der Waals surface area contributed by atoms with Gasteiger partial charge < -0.3 is 0 Å². The third-order valence-corrected chi connectivity index (χ3v) is 1.47. The Labute approximate surface area is 55.7 Å². The van der Waals surface area contributed by atoms with Crippen molar-refractivity contribution in [1.82, 2.24) is 0 Å². The van der Waals surface area contributed by atoms with E-state index in [1.165, 1.54) is 6.42 Å². The highest BCUT2D eigenvalue weighted by Crippen LogP contribution is 2.04. The minimum absolute atomic E-state index is 1.11. The zero-order valence-electron chi connectivity index (χ0n) is 6.02. The first-order valence-electron chi connectivity index (χ1n) is 3.35. The second kappa shape index (κ2) is 2.76. The summed E-state index contributed by atoms with van der Waals surface area (Å²) < 4.78 is 0. The van der Waals surface area contributed by atoms with E-state index in [0.717, 1.165) is 24.3 Å². The van der Waals surface area contributed by atoms with Crippen molar-refractivity contribution in [2.45, 2.75) is 33.1 Å². The summed E-state index contributed by atoms with van der Waals surface area (Å²) in [5.41, 5.74) is 2.32. The molecule has 1 rings (SSSR count). The van der Waals surface area contributed by atoms with Gasteiger partial charge in [0.25, 0.3) is 0 Å². The second-order valence-electron chi connectivity index (χ2n) is 2.52. The Hall–Kier alpha value is -0.660. The average Bonchev–Trinajstić information content (AvgIpc) is 1.97. The molecule has 0 aromatic carbocycles. The molecule has 1 aliphatic rings. The first-order chi connectivity index (χ1) is 4.29. The fourth-order valence-corrected chi connectivity index (χ4v) is 0.871. The third kappa shape index (κ3) is 1.96. The van der Waals surface area contributed by atoms with Crippen LogP contribution < -0.4 is 0 Å². The summed E-state index contributed by atoms with van der Waals surface area (Å²) >= 11 is 0. The van der Waals surface area contributed by atoms with Crippen molar-refractivity contribution in [3.05, 3.63) is 0 Å². The van der Waals surface area contributed by atoms with Gasteiger partial charge in [0.2, 0.25) is 0 Å². The van der Waals surface area contributed by atoms with Gasteiger partial charge in [-0.3, -0.25) is 0 Å². The largest absolute Gasteiger partial charge is 0.161 e. The summed E-state index contributed by atoms with van der Waals surface area (Å²) in [6, 6.07) is 0. The molecule has 0 amide bonds. The van der Waals surface area contributed by atoms with Gasteiger partial charge in [0, 0.05) is 11.4 Å². The first kappa shape index (κ1) is 6.46. The zero-order valence-corrected chi connectivity index (χ0v) is 6.02. The molecule has 1 heterocycles. The van der Waals surface area contributed by atoms with Gasteiger partial charge in [0.05, 0.1) is 0 Å². The van der Waals surface area contributed by atoms with Crippen molar-refractivity contribution in [2.75, 3.05) is 0 Å². The van der Waals surface area contributed by atoms with Crippen LogP contribution in [0.5, 0.6) is 0 Å². The summed E-state index contributed by atoms with van der Waals surface area (Å²) in [6.45, 7) is 4.06. The Morgan fingerprint density at radius 2 is 1.44 bits per heavy atom. The third-order valence-electron chi connectivity index (χ3n) is 1.47. The summed E-state index contributed by atoms with van der Waals surface area (Å²) in [6.07, 6.45) is 3.44. The van der Waals surface area contributed by atoms with E-state index in [4.69, 9.17) is 0 Å². The fourth-order valence-electron chi connectivity index (χ4n) is 0.871. The molecule has 2 heteroatoms. The van der Waals surface area contributed by atoms with Crippen LogP contribution in [-0.4, -0.2) is 11.4 Å². The van der Waals surface area contributed by atoms with Crippen molar-refractivity contribution in [3.8, 4) is 0 Å². The predicted octanol–water partition coefficient (Wildman–Crippen LogP) is 2.01. The predicted molar refractivity (Wildman–Crippen MR) is 40.1 cm³/mol. The van der Waals surface area contributed by atoms with E-state index in [-0.39, 0.29) is 0 Å². The van der Waals surface area contributed by atoms with E-state index in [2.05, 4.69) is 10.2 Å². The molecule has 0 aliphatic carbocycles. The molecule has 50 valence electrons. The van der Waals surface area contributed by atoms with Crippen LogP contribution >= 0.6 is 0 Å².